The molecule has 20 N–H and O–H groups in total. The van der Waals surface area contributed by atoms with Crippen LogP contribution in [0.15, 0.2) is 0 Å². The minimum Gasteiger partial charge on any atom is -0.394 e. The predicted octanol–water partition coefficient (Wildman–Crippen LogP) is -13.8. The molecule has 73 heavy (non-hydrogen) atoms. The van der Waals surface area contributed by atoms with Crippen molar-refractivity contribution in [3.05, 3.63) is 0 Å². The normalized spacial score (nSPS) is 49.8. The van der Waals surface area contributed by atoms with E-state index in [0.29, 0.717) is 0 Å². The Hall–Kier alpha value is -2.22. The molecule has 0 aromatic carbocycles. The van der Waals surface area contributed by atoms with Gasteiger partial charge in [0.2, 0.25) is 11.8 Å². The zero-order valence-corrected chi connectivity index (χ0v) is 38.9. The van der Waals surface area contributed by atoms with Gasteiger partial charge in [-0.1, -0.05) is 0 Å². The van der Waals surface area contributed by atoms with Crippen LogP contribution in [-0.4, -0.2) is 327 Å². The van der Waals surface area contributed by atoms with Crippen LogP contribution in [0.5, 0.6) is 0 Å². The fourth-order valence-electron chi connectivity index (χ4n) is 9.22. The molecule has 6 fully saturated rings. The number of aliphatic hydroxyl groups is 18. The molecule has 0 bridgehead atoms. The zero-order valence-electron chi connectivity index (χ0n) is 38.9. The standard InChI is InChI=1S/C40H68N2O31/c1-9(48)41-17-22(53)31(70-38-28(59)24(55)19(50)11(3-43)65-38)14(6-46)67-36(17)63-8-16-21(52)34(30(61)40(69-16)72-33-13(5-45)64-35(62)27(58)26(33)57)73-37-18(42-10(2)49)23(54)32(15(7-47)68-37)71-39-29(60)25(56)20(51)12(4-44)66-39/h11-40,43-47,50-62H,3-8H2,1-2H3,(H,41,48)(H,42,49)/t11-,12-,13-,14-,15-,16-,17-,18-,19+,20+,21+,22-,23-,24+,25+,26-,27-,28-,29-,30-,31-,32-,33-,34+,35+,36-,37+,38+,39+,40+/m1/s1. The van der Waals surface area contributed by atoms with E-state index in [2.05, 4.69) is 10.6 Å². The summed E-state index contributed by atoms with van der Waals surface area (Å²) in [4.78, 5) is 25.1. The van der Waals surface area contributed by atoms with E-state index in [4.69, 9.17) is 52.1 Å². The van der Waals surface area contributed by atoms with Crippen molar-refractivity contribution in [1.82, 2.24) is 10.6 Å². The van der Waals surface area contributed by atoms with Crippen molar-refractivity contribution >= 4 is 11.8 Å². The summed E-state index contributed by atoms with van der Waals surface area (Å²) in [5, 5.41) is 196. The summed E-state index contributed by atoms with van der Waals surface area (Å²) in [6, 6.07) is -3.46. The number of rotatable bonds is 18. The lowest BCUT2D eigenvalue weighted by Crippen LogP contribution is -2.70. The van der Waals surface area contributed by atoms with Gasteiger partial charge in [0.25, 0.3) is 0 Å². The molecule has 2 amide bonds. The van der Waals surface area contributed by atoms with Gasteiger partial charge in [0.15, 0.2) is 37.7 Å². The molecule has 6 aliphatic rings. The van der Waals surface area contributed by atoms with E-state index in [0.717, 1.165) is 13.8 Å². The summed E-state index contributed by atoms with van der Waals surface area (Å²) < 4.78 is 62.7. The molecule has 6 saturated heterocycles. The van der Waals surface area contributed by atoms with E-state index in [-0.39, 0.29) is 0 Å². The highest BCUT2D eigenvalue weighted by Crippen LogP contribution is 2.36. The molecule has 6 heterocycles. The van der Waals surface area contributed by atoms with Gasteiger partial charge in [0.1, 0.15) is 146 Å². The quantitative estimate of drug-likeness (QED) is 0.0606. The molecule has 6 rings (SSSR count). The Balaban J connectivity index is 1.27. The maximum absolute atomic E-state index is 12.6. The van der Waals surface area contributed by atoms with Crippen molar-refractivity contribution < 1.29 is 154 Å². The summed E-state index contributed by atoms with van der Waals surface area (Å²) in [5.74, 6) is -1.66. The van der Waals surface area contributed by atoms with E-state index in [1.165, 1.54) is 0 Å². The topological polar surface area (TPSA) is 524 Å². The lowest BCUT2D eigenvalue weighted by atomic mass is 9.94. The van der Waals surface area contributed by atoms with Gasteiger partial charge in [0.05, 0.1) is 39.6 Å². The third-order valence-electron chi connectivity index (χ3n) is 13.2. The Kier molecular flexibility index (Phi) is 21.3. The van der Waals surface area contributed by atoms with Gasteiger partial charge < -0.3 is 155 Å². The van der Waals surface area contributed by atoms with Crippen LogP contribution in [0.3, 0.4) is 0 Å². The van der Waals surface area contributed by atoms with Crippen molar-refractivity contribution in [2.75, 3.05) is 39.6 Å². The third-order valence-corrected chi connectivity index (χ3v) is 13.2. The van der Waals surface area contributed by atoms with E-state index in [1.54, 1.807) is 0 Å². The summed E-state index contributed by atoms with van der Waals surface area (Å²) in [6.07, 6.45) is -53.0. The van der Waals surface area contributed by atoms with Crippen LogP contribution < -0.4 is 10.6 Å². The number of hydrogen-bond acceptors (Lipinski definition) is 31. The van der Waals surface area contributed by atoms with E-state index in [1.807, 2.05) is 0 Å². The zero-order chi connectivity index (χ0) is 53.9. The van der Waals surface area contributed by atoms with E-state index >= 15 is 0 Å². The van der Waals surface area contributed by atoms with Crippen molar-refractivity contribution in [2.45, 2.75) is 198 Å². The van der Waals surface area contributed by atoms with Crippen LogP contribution in [-0.2, 0) is 61.7 Å². The molecule has 0 aromatic rings. The lowest BCUT2D eigenvalue weighted by Gasteiger charge is -2.50. The summed E-state index contributed by atoms with van der Waals surface area (Å²) in [7, 11) is 0. The summed E-state index contributed by atoms with van der Waals surface area (Å²) in [5.41, 5.74) is 0. The van der Waals surface area contributed by atoms with Crippen LogP contribution >= 0.6 is 0 Å². The Morgan fingerprint density at radius 3 is 1.15 bits per heavy atom. The van der Waals surface area contributed by atoms with Crippen LogP contribution in [0.2, 0.25) is 0 Å². The monoisotopic (exact) mass is 1070 g/mol. The first-order valence-electron chi connectivity index (χ1n) is 23.1. The molecule has 0 radical (unpaired) electrons. The first-order chi connectivity index (χ1) is 34.5. The summed E-state index contributed by atoms with van der Waals surface area (Å²) >= 11 is 0. The molecular weight excluding hydrogens is 1000 g/mol. The van der Waals surface area contributed by atoms with Crippen LogP contribution in [0.1, 0.15) is 13.8 Å². The number of ether oxygens (including phenoxy) is 11. The number of nitrogens with one attached hydrogen (secondary N) is 2. The Morgan fingerprint density at radius 2 is 0.712 bits per heavy atom. The van der Waals surface area contributed by atoms with Gasteiger partial charge in [-0.2, -0.15) is 0 Å². The fraction of sp³-hybridized carbons (Fsp3) is 0.950. The van der Waals surface area contributed by atoms with Gasteiger partial charge in [-0.15, -0.1) is 0 Å². The maximum Gasteiger partial charge on any atom is 0.217 e. The largest absolute Gasteiger partial charge is 0.394 e. The third kappa shape index (κ3) is 13.0. The van der Waals surface area contributed by atoms with Crippen molar-refractivity contribution in [1.29, 1.82) is 0 Å². The molecule has 0 aromatic heterocycles. The van der Waals surface area contributed by atoms with E-state index in [9.17, 15) is 102 Å². The highest BCUT2D eigenvalue weighted by molar-refractivity contribution is 5.73. The number of amides is 2. The van der Waals surface area contributed by atoms with Crippen molar-refractivity contribution in [3.8, 4) is 0 Å². The highest BCUT2D eigenvalue weighted by Gasteiger charge is 2.57. The molecule has 0 unspecified atom stereocenters. The smallest absolute Gasteiger partial charge is 0.217 e. The van der Waals surface area contributed by atoms with Crippen LogP contribution in [0.4, 0.5) is 0 Å². The number of aliphatic hydroxyl groups excluding tert-OH is 18. The molecule has 33 heteroatoms. The first kappa shape index (κ1) is 60.0. The second kappa shape index (κ2) is 26.0. The predicted molar refractivity (Wildman–Crippen MR) is 222 cm³/mol. The maximum atomic E-state index is 12.6. The van der Waals surface area contributed by atoms with Gasteiger partial charge in [-0.05, 0) is 0 Å². The SMILES string of the molecule is CC(=O)N[C@H]1[C@H](OC[C@H]2O[C@@H](O[C@H]3[C@H](O)[C@@H](O)[C@@H](O)O[C@@H]3CO)[C@H](O)[C@@H](O[C@@H]3O[C@H](CO)[C@@H](O[C@@H]4O[C@H](CO)[C@H](O)[C@H](O)[C@H]4O)[C@H](O)[C@H]3NC(C)=O)[C@H]2O)O[C@H](CO)[C@@H](O[C@@H]2O[C@H](CO)[C@H](O)[C@H](O)[C@H]2O)[C@@H]1O. The molecule has 33 nitrogen and oxygen atoms in total. The fourth-order valence-corrected chi connectivity index (χ4v) is 9.22. The van der Waals surface area contributed by atoms with Crippen LogP contribution in [0, 0.1) is 0 Å². The van der Waals surface area contributed by atoms with Gasteiger partial charge in [-0.25, -0.2) is 0 Å². The highest BCUT2D eigenvalue weighted by atomic mass is 16.8. The molecule has 6 aliphatic heterocycles. The number of carbonyl (C=O) groups is 2. The van der Waals surface area contributed by atoms with Crippen molar-refractivity contribution in [2.24, 2.45) is 0 Å². The van der Waals surface area contributed by atoms with E-state index < -0.39 is 236 Å². The second-order valence-corrected chi connectivity index (χ2v) is 18.3. The van der Waals surface area contributed by atoms with Crippen molar-refractivity contribution in [3.63, 3.8) is 0 Å². The summed E-state index contributed by atoms with van der Waals surface area (Å²) in [6.45, 7) is -3.61. The van der Waals surface area contributed by atoms with Gasteiger partial charge in [0, 0.05) is 13.8 Å². The average molecular weight is 1070 g/mol. The first-order valence-corrected chi connectivity index (χ1v) is 23.1. The second-order valence-electron chi connectivity index (χ2n) is 18.3. The number of carbonyl (C=O) groups excluding carboxylic acids is 2. The molecule has 0 spiro atoms. The molecule has 0 aliphatic carbocycles. The Bertz CT molecular complexity index is 1740. The van der Waals surface area contributed by atoms with Gasteiger partial charge >= 0.3 is 0 Å². The lowest BCUT2D eigenvalue weighted by molar-refractivity contribution is -0.384. The van der Waals surface area contributed by atoms with Crippen LogP contribution in [0.25, 0.3) is 0 Å². The Morgan fingerprint density at radius 1 is 0.356 bits per heavy atom. The minimum atomic E-state index is -2.25. The van der Waals surface area contributed by atoms with Gasteiger partial charge in [-0.3, -0.25) is 9.59 Å². The average Bonchev–Trinajstić information content (AvgIpc) is 3.36. The molecule has 30 atom stereocenters. The molecule has 0 saturated carbocycles. The number of hydrogen-bond donors (Lipinski definition) is 20. The molecule has 424 valence electrons. The minimum absolute atomic E-state index is 0.807. The molecular formula is C40H68N2O31. The Labute approximate surface area is 413 Å².